The fourth-order valence-electron chi connectivity index (χ4n) is 2.08. The first-order valence-electron chi connectivity index (χ1n) is 8.01. The Morgan fingerprint density at radius 1 is 1.19 bits per heavy atom. The van der Waals surface area contributed by atoms with Gasteiger partial charge < -0.3 is 14.2 Å². The monoisotopic (exact) mass is 358 g/mol. The van der Waals surface area contributed by atoms with E-state index in [1.165, 1.54) is 12.4 Å². The molecule has 1 N–H and O–H groups in total. The SMILES string of the molecule is COc1ccc(COc2cncc(NC(=O)OC(C)(C)C)c2C=O)cc1. The van der Waals surface area contributed by atoms with Crippen LogP contribution in [0, 0.1) is 0 Å². The molecule has 0 bridgehead atoms. The predicted molar refractivity (Wildman–Crippen MR) is 96.8 cm³/mol. The Bertz CT molecular complexity index is 766. The number of ether oxygens (including phenoxy) is 3. The van der Waals surface area contributed by atoms with Crippen LogP contribution in [-0.2, 0) is 11.3 Å². The molecule has 0 radical (unpaired) electrons. The van der Waals surface area contributed by atoms with Gasteiger partial charge in [-0.25, -0.2) is 4.79 Å². The lowest BCUT2D eigenvalue weighted by Gasteiger charge is -2.20. The van der Waals surface area contributed by atoms with Gasteiger partial charge in [-0.1, -0.05) is 12.1 Å². The third-order valence-corrected chi connectivity index (χ3v) is 3.26. The zero-order valence-electron chi connectivity index (χ0n) is 15.2. The molecule has 26 heavy (non-hydrogen) atoms. The van der Waals surface area contributed by atoms with Crippen LogP contribution in [0.2, 0.25) is 0 Å². The number of hydrogen-bond donors (Lipinski definition) is 1. The molecule has 2 aromatic rings. The van der Waals surface area contributed by atoms with Crippen LogP contribution in [-0.4, -0.2) is 30.1 Å². The van der Waals surface area contributed by atoms with Gasteiger partial charge in [0, 0.05) is 0 Å². The van der Waals surface area contributed by atoms with Crippen LogP contribution in [0.1, 0.15) is 36.7 Å². The average molecular weight is 358 g/mol. The summed E-state index contributed by atoms with van der Waals surface area (Å²) in [6.45, 7) is 5.49. The first-order chi connectivity index (χ1) is 12.3. The standard InChI is InChI=1S/C19H22N2O5/c1-19(2,3)26-18(23)21-16-9-20-10-17(15(16)11-22)25-12-13-5-7-14(24-4)8-6-13/h5-11H,12H2,1-4H3,(H,21,23). The number of methoxy groups -OCH3 is 1. The van der Waals surface area contributed by atoms with Gasteiger partial charge in [0.1, 0.15) is 18.0 Å². The number of aldehydes is 1. The fraction of sp³-hybridized carbons (Fsp3) is 0.316. The molecular weight excluding hydrogens is 336 g/mol. The van der Waals surface area contributed by atoms with Gasteiger partial charge in [-0.2, -0.15) is 0 Å². The third-order valence-electron chi connectivity index (χ3n) is 3.26. The topological polar surface area (TPSA) is 86.8 Å². The van der Waals surface area contributed by atoms with Crippen molar-refractivity contribution in [2.45, 2.75) is 33.0 Å². The Morgan fingerprint density at radius 2 is 1.88 bits per heavy atom. The van der Waals surface area contributed by atoms with Crippen LogP contribution in [0.25, 0.3) is 0 Å². The molecule has 1 heterocycles. The molecule has 7 heteroatoms. The quantitative estimate of drug-likeness (QED) is 0.790. The molecule has 1 aromatic carbocycles. The van der Waals surface area contributed by atoms with E-state index in [4.69, 9.17) is 14.2 Å². The summed E-state index contributed by atoms with van der Waals surface area (Å²) in [5.41, 5.74) is 0.662. The van der Waals surface area contributed by atoms with E-state index in [-0.39, 0.29) is 23.6 Å². The van der Waals surface area contributed by atoms with Crippen molar-refractivity contribution >= 4 is 18.1 Å². The average Bonchev–Trinajstić information content (AvgIpc) is 2.58. The van der Waals surface area contributed by atoms with Crippen LogP contribution in [0.3, 0.4) is 0 Å². The van der Waals surface area contributed by atoms with Crippen molar-refractivity contribution in [3.8, 4) is 11.5 Å². The first kappa shape index (κ1) is 19.2. The lowest BCUT2D eigenvalue weighted by atomic mass is 10.2. The van der Waals surface area contributed by atoms with Crippen molar-refractivity contribution in [2.75, 3.05) is 12.4 Å². The minimum atomic E-state index is -0.672. The molecule has 0 saturated carbocycles. The Kier molecular flexibility index (Phi) is 6.16. The van der Waals surface area contributed by atoms with E-state index in [1.54, 1.807) is 27.9 Å². The van der Waals surface area contributed by atoms with Crippen molar-refractivity contribution in [3.63, 3.8) is 0 Å². The maximum absolute atomic E-state index is 11.9. The van der Waals surface area contributed by atoms with E-state index in [1.807, 2.05) is 24.3 Å². The minimum absolute atomic E-state index is 0.194. The lowest BCUT2D eigenvalue weighted by Crippen LogP contribution is -2.27. The predicted octanol–water partition coefficient (Wildman–Crippen LogP) is 3.83. The first-order valence-corrected chi connectivity index (χ1v) is 8.01. The second kappa shape index (κ2) is 8.33. The second-order valence-electron chi connectivity index (χ2n) is 6.48. The highest BCUT2D eigenvalue weighted by Gasteiger charge is 2.18. The number of amides is 1. The van der Waals surface area contributed by atoms with Gasteiger partial charge >= 0.3 is 6.09 Å². The van der Waals surface area contributed by atoms with Crippen LogP contribution in [0.15, 0.2) is 36.7 Å². The van der Waals surface area contributed by atoms with Gasteiger partial charge in [0.25, 0.3) is 0 Å². The van der Waals surface area contributed by atoms with Gasteiger partial charge in [-0.3, -0.25) is 15.1 Å². The number of nitrogens with zero attached hydrogens (tertiary/aromatic N) is 1. The second-order valence-corrected chi connectivity index (χ2v) is 6.48. The number of benzene rings is 1. The number of nitrogens with one attached hydrogen (secondary N) is 1. The molecular formula is C19H22N2O5. The van der Waals surface area contributed by atoms with Gasteiger partial charge in [0.15, 0.2) is 12.0 Å². The van der Waals surface area contributed by atoms with Crippen LogP contribution in [0.5, 0.6) is 11.5 Å². The molecule has 1 aromatic heterocycles. The molecule has 1 amide bonds. The highest BCUT2D eigenvalue weighted by molar-refractivity contribution is 5.94. The smallest absolute Gasteiger partial charge is 0.412 e. The Morgan fingerprint density at radius 3 is 2.46 bits per heavy atom. The van der Waals surface area contributed by atoms with Crippen molar-refractivity contribution < 1.29 is 23.8 Å². The molecule has 0 atom stereocenters. The van der Waals surface area contributed by atoms with Crippen molar-refractivity contribution in [1.29, 1.82) is 0 Å². The zero-order valence-corrected chi connectivity index (χ0v) is 15.2. The van der Waals surface area contributed by atoms with Crippen LogP contribution >= 0.6 is 0 Å². The maximum Gasteiger partial charge on any atom is 0.412 e. The summed E-state index contributed by atoms with van der Waals surface area (Å²) in [5, 5.41) is 2.52. The molecule has 138 valence electrons. The van der Waals surface area contributed by atoms with Gasteiger partial charge in [0.05, 0.1) is 30.8 Å². The Labute approximate surface area is 152 Å². The largest absolute Gasteiger partial charge is 0.497 e. The lowest BCUT2D eigenvalue weighted by molar-refractivity contribution is 0.0636. The number of aromatic nitrogens is 1. The highest BCUT2D eigenvalue weighted by Crippen LogP contribution is 2.25. The summed E-state index contributed by atoms with van der Waals surface area (Å²) >= 11 is 0. The van der Waals surface area contributed by atoms with Gasteiger partial charge in [-0.15, -0.1) is 0 Å². The molecule has 0 fully saturated rings. The maximum atomic E-state index is 11.9. The normalized spacial score (nSPS) is 10.8. The van der Waals surface area contributed by atoms with Gasteiger partial charge in [-0.05, 0) is 38.5 Å². The number of hydrogen-bond acceptors (Lipinski definition) is 6. The minimum Gasteiger partial charge on any atom is -0.497 e. The van der Waals surface area contributed by atoms with E-state index in [0.717, 1.165) is 11.3 Å². The van der Waals surface area contributed by atoms with Crippen molar-refractivity contribution in [1.82, 2.24) is 4.98 Å². The number of rotatable bonds is 6. The summed E-state index contributed by atoms with van der Waals surface area (Å²) in [6.07, 6.45) is 2.73. The van der Waals surface area contributed by atoms with E-state index in [9.17, 15) is 9.59 Å². The summed E-state index contributed by atoms with van der Waals surface area (Å²) in [4.78, 5) is 27.4. The van der Waals surface area contributed by atoms with Crippen LogP contribution < -0.4 is 14.8 Å². The van der Waals surface area contributed by atoms with E-state index >= 15 is 0 Å². The summed E-state index contributed by atoms with van der Waals surface area (Å²) < 4.78 is 16.0. The molecule has 7 nitrogen and oxygen atoms in total. The summed E-state index contributed by atoms with van der Waals surface area (Å²) in [5.74, 6) is 1.01. The molecule has 0 spiro atoms. The number of pyridine rings is 1. The Balaban J connectivity index is 2.11. The number of anilines is 1. The van der Waals surface area contributed by atoms with E-state index in [2.05, 4.69) is 10.3 Å². The van der Waals surface area contributed by atoms with E-state index < -0.39 is 11.7 Å². The van der Waals surface area contributed by atoms with Gasteiger partial charge in [0.2, 0.25) is 0 Å². The molecule has 0 aliphatic heterocycles. The van der Waals surface area contributed by atoms with E-state index in [0.29, 0.717) is 6.29 Å². The number of carbonyl (C=O) groups is 2. The molecule has 0 unspecified atom stereocenters. The molecule has 0 saturated heterocycles. The fourth-order valence-corrected chi connectivity index (χ4v) is 2.08. The van der Waals surface area contributed by atoms with Crippen molar-refractivity contribution in [2.24, 2.45) is 0 Å². The number of carbonyl (C=O) groups excluding carboxylic acids is 2. The van der Waals surface area contributed by atoms with Crippen molar-refractivity contribution in [3.05, 3.63) is 47.8 Å². The van der Waals surface area contributed by atoms with Crippen LogP contribution in [0.4, 0.5) is 10.5 Å². The molecule has 0 aliphatic rings. The third kappa shape index (κ3) is 5.47. The highest BCUT2D eigenvalue weighted by atomic mass is 16.6. The molecule has 2 rings (SSSR count). The zero-order chi connectivity index (χ0) is 19.2. The summed E-state index contributed by atoms with van der Waals surface area (Å²) in [7, 11) is 1.59. The molecule has 0 aliphatic carbocycles. The Hall–Kier alpha value is -3.09. The summed E-state index contributed by atoms with van der Waals surface area (Å²) in [6, 6.07) is 7.35.